The first-order valence-corrected chi connectivity index (χ1v) is 7.21. The Morgan fingerprint density at radius 3 is 2.32 bits per heavy atom. The van der Waals surface area contributed by atoms with Gasteiger partial charge in [0.25, 0.3) is 0 Å². The van der Waals surface area contributed by atoms with Crippen LogP contribution in [0.2, 0.25) is 0 Å². The summed E-state index contributed by atoms with van der Waals surface area (Å²) in [7, 11) is 0. The first kappa shape index (κ1) is 14.6. The van der Waals surface area contributed by atoms with Crippen molar-refractivity contribution in [2.24, 2.45) is 0 Å². The van der Waals surface area contributed by atoms with Crippen LogP contribution in [0.25, 0.3) is 0 Å². The molecule has 1 atom stereocenters. The molecule has 0 aromatic heterocycles. The van der Waals surface area contributed by atoms with Gasteiger partial charge in [0.1, 0.15) is 12.4 Å². The highest BCUT2D eigenvalue weighted by atomic mass is 16.8. The molecule has 1 aliphatic rings. The third-order valence-corrected chi connectivity index (χ3v) is 3.39. The summed E-state index contributed by atoms with van der Waals surface area (Å²) < 4.78 is 16.5. The number of rotatable bonds is 4. The zero-order valence-corrected chi connectivity index (χ0v) is 12.6. The van der Waals surface area contributed by atoms with Gasteiger partial charge < -0.3 is 14.2 Å². The Morgan fingerprint density at radius 2 is 1.73 bits per heavy atom. The molecular formula is C18H18O4. The minimum atomic E-state index is -0.871. The van der Waals surface area contributed by atoms with Gasteiger partial charge in [-0.15, -0.1) is 0 Å². The summed E-state index contributed by atoms with van der Waals surface area (Å²) in [6, 6.07) is 17.3. The highest BCUT2D eigenvalue weighted by Crippen LogP contribution is 2.34. The number of cyclic esters (lactones) is 1. The van der Waals surface area contributed by atoms with Gasteiger partial charge in [-0.25, -0.2) is 4.79 Å². The van der Waals surface area contributed by atoms with Crippen LogP contribution in [0.15, 0.2) is 54.6 Å². The fourth-order valence-corrected chi connectivity index (χ4v) is 2.34. The predicted octanol–water partition coefficient (Wildman–Crippen LogP) is 3.62. The van der Waals surface area contributed by atoms with E-state index in [0.29, 0.717) is 6.61 Å². The second-order valence-corrected chi connectivity index (χ2v) is 5.66. The number of esters is 1. The monoisotopic (exact) mass is 298 g/mol. The van der Waals surface area contributed by atoms with Crippen LogP contribution in [-0.2, 0) is 20.9 Å². The van der Waals surface area contributed by atoms with E-state index in [1.807, 2.05) is 54.6 Å². The second kappa shape index (κ2) is 5.81. The fraction of sp³-hybridized carbons (Fsp3) is 0.278. The van der Waals surface area contributed by atoms with Crippen LogP contribution in [-0.4, -0.2) is 11.8 Å². The summed E-state index contributed by atoms with van der Waals surface area (Å²) >= 11 is 0. The van der Waals surface area contributed by atoms with Gasteiger partial charge >= 0.3 is 5.97 Å². The van der Waals surface area contributed by atoms with E-state index in [0.717, 1.165) is 16.9 Å². The van der Waals surface area contributed by atoms with E-state index < -0.39 is 11.9 Å². The molecule has 0 unspecified atom stereocenters. The largest absolute Gasteiger partial charge is 0.489 e. The predicted molar refractivity (Wildman–Crippen MR) is 81.2 cm³/mol. The Hall–Kier alpha value is -2.33. The maximum atomic E-state index is 11.8. The third kappa shape index (κ3) is 3.28. The molecule has 0 N–H and O–H groups in total. The molecule has 22 heavy (non-hydrogen) atoms. The van der Waals surface area contributed by atoms with Crippen molar-refractivity contribution in [3.63, 3.8) is 0 Å². The fourth-order valence-electron chi connectivity index (χ4n) is 2.34. The molecule has 1 saturated heterocycles. The summed E-state index contributed by atoms with van der Waals surface area (Å²) in [6.07, 6.45) is -0.668. The molecule has 4 nitrogen and oxygen atoms in total. The average molecular weight is 298 g/mol. The van der Waals surface area contributed by atoms with E-state index in [1.54, 1.807) is 13.8 Å². The Balaban J connectivity index is 1.65. The van der Waals surface area contributed by atoms with E-state index in [9.17, 15) is 4.79 Å². The van der Waals surface area contributed by atoms with Crippen molar-refractivity contribution in [1.29, 1.82) is 0 Å². The molecule has 0 saturated carbocycles. The summed E-state index contributed by atoms with van der Waals surface area (Å²) in [5.74, 6) is -0.481. The molecule has 0 amide bonds. The average Bonchev–Trinajstić information content (AvgIpc) is 2.80. The van der Waals surface area contributed by atoms with Crippen LogP contribution < -0.4 is 4.74 Å². The number of benzene rings is 2. The minimum absolute atomic E-state index is 0.358. The smallest absolute Gasteiger partial charge is 0.342 e. The zero-order chi connectivity index (χ0) is 15.6. The van der Waals surface area contributed by atoms with Crippen molar-refractivity contribution in [2.75, 3.05) is 0 Å². The van der Waals surface area contributed by atoms with Crippen molar-refractivity contribution in [3.05, 3.63) is 65.7 Å². The molecule has 0 bridgehead atoms. The van der Waals surface area contributed by atoms with Crippen LogP contribution in [0.5, 0.6) is 5.75 Å². The maximum absolute atomic E-state index is 11.8. The SMILES string of the molecule is CC1(C)OC(=O)[C@H](c2ccc(OCc3ccccc3)cc2)O1. The molecule has 0 aliphatic carbocycles. The molecule has 4 heteroatoms. The first-order valence-electron chi connectivity index (χ1n) is 7.21. The van der Waals surface area contributed by atoms with E-state index in [-0.39, 0.29) is 5.97 Å². The van der Waals surface area contributed by atoms with Gasteiger partial charge in [0.2, 0.25) is 5.79 Å². The summed E-state index contributed by atoms with van der Waals surface area (Å²) in [5.41, 5.74) is 1.87. The van der Waals surface area contributed by atoms with Gasteiger partial charge in [-0.1, -0.05) is 42.5 Å². The molecular weight excluding hydrogens is 280 g/mol. The van der Waals surface area contributed by atoms with Crippen molar-refractivity contribution in [1.82, 2.24) is 0 Å². The molecule has 0 spiro atoms. The molecule has 2 aromatic carbocycles. The van der Waals surface area contributed by atoms with Gasteiger partial charge in [-0.3, -0.25) is 0 Å². The molecule has 1 aliphatic heterocycles. The first-order chi connectivity index (χ1) is 10.5. The van der Waals surface area contributed by atoms with E-state index in [2.05, 4.69) is 0 Å². The van der Waals surface area contributed by atoms with Crippen molar-refractivity contribution in [3.8, 4) is 5.75 Å². The third-order valence-electron chi connectivity index (χ3n) is 3.39. The lowest BCUT2D eigenvalue weighted by molar-refractivity contribution is -0.160. The lowest BCUT2D eigenvalue weighted by Gasteiger charge is -2.15. The summed E-state index contributed by atoms with van der Waals surface area (Å²) in [4.78, 5) is 11.8. The minimum Gasteiger partial charge on any atom is -0.489 e. The van der Waals surface area contributed by atoms with Gasteiger partial charge in [0, 0.05) is 13.8 Å². The summed E-state index contributed by atoms with van der Waals surface area (Å²) in [6.45, 7) is 3.96. The number of carbonyl (C=O) groups is 1. The van der Waals surface area contributed by atoms with Crippen molar-refractivity contribution < 1.29 is 19.0 Å². The molecule has 2 aromatic rings. The van der Waals surface area contributed by atoms with Crippen LogP contribution in [0.1, 0.15) is 31.1 Å². The Morgan fingerprint density at radius 1 is 1.05 bits per heavy atom. The topological polar surface area (TPSA) is 44.8 Å². The lowest BCUT2D eigenvalue weighted by Crippen LogP contribution is -2.20. The Labute approximate surface area is 129 Å². The quantitative estimate of drug-likeness (QED) is 0.809. The Kier molecular flexibility index (Phi) is 3.86. The van der Waals surface area contributed by atoms with Gasteiger partial charge in [-0.05, 0) is 23.3 Å². The number of carbonyl (C=O) groups excluding carboxylic acids is 1. The Bertz CT molecular complexity index is 647. The number of hydrogen-bond acceptors (Lipinski definition) is 4. The van der Waals surface area contributed by atoms with Crippen LogP contribution >= 0.6 is 0 Å². The number of ether oxygens (including phenoxy) is 3. The van der Waals surface area contributed by atoms with E-state index in [4.69, 9.17) is 14.2 Å². The highest BCUT2D eigenvalue weighted by Gasteiger charge is 2.41. The van der Waals surface area contributed by atoms with Crippen LogP contribution in [0, 0.1) is 0 Å². The van der Waals surface area contributed by atoms with Gasteiger partial charge in [-0.2, -0.15) is 0 Å². The normalized spacial score (nSPS) is 19.7. The van der Waals surface area contributed by atoms with Crippen molar-refractivity contribution >= 4 is 5.97 Å². The standard InChI is InChI=1S/C18H18O4/c1-18(2)21-16(17(19)22-18)14-8-10-15(11-9-14)20-12-13-6-4-3-5-7-13/h3-11,16H,12H2,1-2H3/t16-/m0/s1. The highest BCUT2D eigenvalue weighted by molar-refractivity contribution is 5.78. The lowest BCUT2D eigenvalue weighted by atomic mass is 10.1. The van der Waals surface area contributed by atoms with Gasteiger partial charge in [0.05, 0.1) is 0 Å². The zero-order valence-electron chi connectivity index (χ0n) is 12.6. The molecule has 3 rings (SSSR count). The van der Waals surface area contributed by atoms with Crippen LogP contribution in [0.4, 0.5) is 0 Å². The summed E-state index contributed by atoms with van der Waals surface area (Å²) in [5, 5.41) is 0. The number of hydrogen-bond donors (Lipinski definition) is 0. The van der Waals surface area contributed by atoms with Crippen LogP contribution in [0.3, 0.4) is 0 Å². The van der Waals surface area contributed by atoms with Crippen molar-refractivity contribution in [2.45, 2.75) is 32.3 Å². The second-order valence-electron chi connectivity index (χ2n) is 5.66. The molecule has 114 valence electrons. The van der Waals surface area contributed by atoms with E-state index >= 15 is 0 Å². The van der Waals surface area contributed by atoms with Gasteiger partial charge in [0.15, 0.2) is 6.10 Å². The molecule has 1 fully saturated rings. The molecule has 0 radical (unpaired) electrons. The molecule has 1 heterocycles. The maximum Gasteiger partial charge on any atom is 0.342 e. The van der Waals surface area contributed by atoms with E-state index in [1.165, 1.54) is 0 Å².